The molecular weight excluding hydrogens is 566 g/mol. The number of ether oxygens (including phenoxy) is 4. The zero-order valence-electron chi connectivity index (χ0n) is 24.7. The predicted molar refractivity (Wildman–Crippen MR) is 159 cm³/mol. The second-order valence-corrected chi connectivity index (χ2v) is 10.8. The Morgan fingerprint density at radius 2 is 1.93 bits per heavy atom. The molecule has 4 bridgehead atoms. The van der Waals surface area contributed by atoms with Gasteiger partial charge in [0.05, 0.1) is 38.9 Å². The van der Waals surface area contributed by atoms with Gasteiger partial charge in [-0.25, -0.2) is 4.98 Å². The van der Waals surface area contributed by atoms with Gasteiger partial charge in [0.2, 0.25) is 5.91 Å². The van der Waals surface area contributed by atoms with E-state index in [1.54, 1.807) is 47.5 Å². The van der Waals surface area contributed by atoms with E-state index in [9.17, 15) is 14.4 Å². The number of likely N-dealkylation sites (tertiary alicyclic amines) is 1. The fourth-order valence-electron chi connectivity index (χ4n) is 5.50. The van der Waals surface area contributed by atoms with Crippen LogP contribution in [0, 0.1) is 6.92 Å². The number of hydrogen-bond acceptors (Lipinski definition) is 8. The quantitative estimate of drug-likeness (QED) is 0.365. The molecular formula is C32H33N5O7. The van der Waals surface area contributed by atoms with Crippen LogP contribution in [0.15, 0.2) is 60.9 Å². The van der Waals surface area contributed by atoms with Crippen molar-refractivity contribution in [3.63, 3.8) is 0 Å². The van der Waals surface area contributed by atoms with Crippen LogP contribution in [0.3, 0.4) is 0 Å². The average molecular weight is 600 g/mol. The Bertz CT molecular complexity index is 1740. The Kier molecular flexibility index (Phi) is 7.97. The molecule has 2 atom stereocenters. The summed E-state index contributed by atoms with van der Waals surface area (Å²) in [7, 11) is 3.02. The van der Waals surface area contributed by atoms with Crippen molar-refractivity contribution in [3.8, 4) is 23.0 Å². The highest BCUT2D eigenvalue weighted by Crippen LogP contribution is 2.28. The lowest BCUT2D eigenvalue weighted by atomic mass is 10.1. The standard InChI is InChI=1S/C32H33N5O7/c1-19-5-4-8-37-22(15-34-31(19)37)11-30(39)36-16-26-28(17-36)44-23-7-6-20(27(13-23)42-3)14-33-29(38)18-43-25-10-21(32(40)35-26)9-24(12-25)41-2/h4-10,12-13,15,26,28H,11,14,16-18H2,1-3H3,(H,33,38)(H,35,40)/t26-,28-/m0/s1. The fourth-order valence-corrected chi connectivity index (χ4v) is 5.50. The second-order valence-electron chi connectivity index (χ2n) is 10.8. The van der Waals surface area contributed by atoms with Gasteiger partial charge in [-0.05, 0) is 42.8 Å². The van der Waals surface area contributed by atoms with Gasteiger partial charge < -0.3 is 38.9 Å². The number of carbonyl (C=O) groups excluding carboxylic acids is 3. The van der Waals surface area contributed by atoms with Crippen molar-refractivity contribution in [2.75, 3.05) is 33.9 Å². The number of amides is 3. The fraction of sp³-hybridized carbons (Fsp3) is 0.312. The van der Waals surface area contributed by atoms with Crippen LogP contribution in [-0.2, 0) is 22.6 Å². The molecule has 2 aromatic heterocycles. The molecule has 3 amide bonds. The van der Waals surface area contributed by atoms with Gasteiger partial charge in [0.15, 0.2) is 6.61 Å². The number of imidazole rings is 1. The maximum absolute atomic E-state index is 13.6. The number of nitrogens with zero attached hydrogens (tertiary/aromatic N) is 3. The minimum atomic E-state index is -0.556. The summed E-state index contributed by atoms with van der Waals surface area (Å²) in [5, 5.41) is 5.86. The number of carbonyl (C=O) groups is 3. The topological polar surface area (TPSA) is 133 Å². The molecule has 12 nitrogen and oxygen atoms in total. The van der Waals surface area contributed by atoms with Crippen LogP contribution in [0.2, 0.25) is 0 Å². The molecule has 0 aliphatic carbocycles. The largest absolute Gasteiger partial charge is 0.497 e. The molecule has 0 unspecified atom stereocenters. The van der Waals surface area contributed by atoms with Crippen LogP contribution in [0.25, 0.3) is 5.65 Å². The zero-order chi connectivity index (χ0) is 30.8. The van der Waals surface area contributed by atoms with Crippen molar-refractivity contribution in [1.82, 2.24) is 24.9 Å². The van der Waals surface area contributed by atoms with E-state index in [0.717, 1.165) is 22.5 Å². The third-order valence-corrected chi connectivity index (χ3v) is 7.85. The highest BCUT2D eigenvalue weighted by Gasteiger charge is 2.38. The van der Waals surface area contributed by atoms with Crippen molar-refractivity contribution in [3.05, 3.63) is 83.3 Å². The Morgan fingerprint density at radius 3 is 2.75 bits per heavy atom. The first-order chi connectivity index (χ1) is 21.3. The van der Waals surface area contributed by atoms with Crippen LogP contribution in [0.4, 0.5) is 0 Å². The smallest absolute Gasteiger partial charge is 0.258 e. The third kappa shape index (κ3) is 5.96. The van der Waals surface area contributed by atoms with Crippen LogP contribution in [-0.4, -0.2) is 78.1 Å². The van der Waals surface area contributed by atoms with E-state index in [1.807, 2.05) is 29.7 Å². The summed E-state index contributed by atoms with van der Waals surface area (Å²) in [4.78, 5) is 45.8. The number of fused-ring (bicyclic) bond motifs is 8. The molecule has 0 saturated carbocycles. The summed E-state index contributed by atoms with van der Waals surface area (Å²) >= 11 is 0. The number of rotatable bonds is 4. The van der Waals surface area contributed by atoms with Crippen molar-refractivity contribution >= 4 is 23.4 Å². The Morgan fingerprint density at radius 1 is 1.07 bits per heavy atom. The molecule has 2 aromatic carbocycles. The molecule has 0 radical (unpaired) electrons. The molecule has 5 heterocycles. The molecule has 0 spiro atoms. The number of methoxy groups -OCH3 is 2. The molecule has 3 aliphatic heterocycles. The van der Waals surface area contributed by atoms with Gasteiger partial charge in [-0.2, -0.15) is 0 Å². The van der Waals surface area contributed by atoms with E-state index in [4.69, 9.17) is 18.9 Å². The lowest BCUT2D eigenvalue weighted by Crippen LogP contribution is -2.45. The molecule has 228 valence electrons. The van der Waals surface area contributed by atoms with E-state index >= 15 is 0 Å². The molecule has 1 saturated heterocycles. The minimum absolute atomic E-state index is 0.110. The summed E-state index contributed by atoms with van der Waals surface area (Å²) in [5.41, 5.74) is 3.62. The van der Waals surface area contributed by atoms with E-state index in [1.165, 1.54) is 14.2 Å². The van der Waals surface area contributed by atoms with Gasteiger partial charge in [0, 0.05) is 48.7 Å². The summed E-state index contributed by atoms with van der Waals surface area (Å²) in [6.07, 6.45) is 3.20. The summed E-state index contributed by atoms with van der Waals surface area (Å²) in [5.74, 6) is 0.872. The van der Waals surface area contributed by atoms with Gasteiger partial charge in [-0.15, -0.1) is 0 Å². The van der Waals surface area contributed by atoms with Crippen molar-refractivity contribution < 1.29 is 33.3 Å². The molecule has 4 aromatic rings. The van der Waals surface area contributed by atoms with Gasteiger partial charge in [0.25, 0.3) is 11.8 Å². The van der Waals surface area contributed by atoms with Crippen LogP contribution in [0.5, 0.6) is 23.0 Å². The number of aromatic nitrogens is 2. The normalized spacial score (nSPS) is 18.5. The first kappa shape index (κ1) is 28.8. The van der Waals surface area contributed by atoms with Crippen LogP contribution >= 0.6 is 0 Å². The van der Waals surface area contributed by atoms with Crippen molar-refractivity contribution in [1.29, 1.82) is 0 Å². The maximum atomic E-state index is 13.6. The highest BCUT2D eigenvalue weighted by molar-refractivity contribution is 5.95. The number of nitrogens with one attached hydrogen (secondary N) is 2. The van der Waals surface area contributed by atoms with Gasteiger partial charge in [-0.3, -0.25) is 14.4 Å². The van der Waals surface area contributed by atoms with E-state index < -0.39 is 18.1 Å². The molecule has 44 heavy (non-hydrogen) atoms. The molecule has 7 rings (SSSR count). The van der Waals surface area contributed by atoms with E-state index in [-0.39, 0.29) is 50.0 Å². The maximum Gasteiger partial charge on any atom is 0.258 e. The van der Waals surface area contributed by atoms with Crippen molar-refractivity contribution in [2.24, 2.45) is 0 Å². The van der Waals surface area contributed by atoms with Crippen LogP contribution < -0.4 is 29.6 Å². The Labute approximate surface area is 253 Å². The minimum Gasteiger partial charge on any atom is -0.497 e. The molecule has 2 N–H and O–H groups in total. The van der Waals surface area contributed by atoms with Gasteiger partial charge in [0.1, 0.15) is 34.7 Å². The second kappa shape index (κ2) is 12.2. The number of hydrogen-bond donors (Lipinski definition) is 2. The highest BCUT2D eigenvalue weighted by atomic mass is 16.5. The Hall–Kier alpha value is -5.26. The first-order valence-electron chi connectivity index (χ1n) is 14.2. The van der Waals surface area contributed by atoms with Gasteiger partial charge >= 0.3 is 0 Å². The van der Waals surface area contributed by atoms with Crippen LogP contribution in [0.1, 0.15) is 27.2 Å². The van der Waals surface area contributed by atoms with Crippen molar-refractivity contribution in [2.45, 2.75) is 32.0 Å². The summed E-state index contributed by atoms with van der Waals surface area (Å²) in [6, 6.07) is 13.4. The zero-order valence-corrected chi connectivity index (χ0v) is 24.7. The Balaban J connectivity index is 1.30. The van der Waals surface area contributed by atoms with E-state index in [2.05, 4.69) is 15.6 Å². The average Bonchev–Trinajstić information content (AvgIpc) is 3.63. The number of pyridine rings is 1. The lowest BCUT2D eigenvalue weighted by molar-refractivity contribution is -0.129. The predicted octanol–water partition coefficient (Wildman–Crippen LogP) is 2.30. The van der Waals surface area contributed by atoms with Gasteiger partial charge in [-0.1, -0.05) is 6.07 Å². The first-order valence-corrected chi connectivity index (χ1v) is 14.2. The SMILES string of the molecule is COc1cc2cc(c1)C(=O)N[C@H]1CN(C(=O)Cc3cnc4c(C)cccn34)C[C@@H]1Oc1ccc(c(OC)c1)CNC(=O)CO2. The molecule has 1 fully saturated rings. The molecule has 12 heteroatoms. The molecule has 3 aliphatic rings. The third-order valence-electron chi connectivity index (χ3n) is 7.85. The number of benzene rings is 2. The summed E-state index contributed by atoms with van der Waals surface area (Å²) < 4.78 is 24.9. The lowest BCUT2D eigenvalue weighted by Gasteiger charge is -2.22. The summed E-state index contributed by atoms with van der Waals surface area (Å²) in [6.45, 7) is 2.43. The monoisotopic (exact) mass is 599 g/mol. The number of aryl methyl sites for hydroxylation is 1. The van der Waals surface area contributed by atoms with E-state index in [0.29, 0.717) is 23.0 Å².